The van der Waals surface area contributed by atoms with Crippen LogP contribution < -0.4 is 0 Å². The number of likely N-dealkylation sites (tertiary alicyclic amines) is 2. The van der Waals surface area contributed by atoms with Crippen LogP contribution >= 0.6 is 0 Å². The number of hydrogen-bond acceptors (Lipinski definition) is 3. The Bertz CT molecular complexity index is 777. The first-order chi connectivity index (χ1) is 13.2. The fourth-order valence-corrected chi connectivity index (χ4v) is 4.60. The molecule has 2 aliphatic rings. The minimum absolute atomic E-state index is 0.0965. The predicted octanol–water partition coefficient (Wildman–Crippen LogP) is 4.21. The van der Waals surface area contributed by atoms with Crippen molar-refractivity contribution >= 4 is 16.7 Å². The molecule has 144 valence electrons. The van der Waals surface area contributed by atoms with Gasteiger partial charge >= 0.3 is 0 Å². The zero-order chi connectivity index (χ0) is 18.6. The summed E-state index contributed by atoms with van der Waals surface area (Å²) in [6.07, 6.45) is 7.88. The summed E-state index contributed by atoms with van der Waals surface area (Å²) in [6.45, 7) is 7.80. The Kier molecular flexibility index (Phi) is 5.72. The first-order valence-corrected chi connectivity index (χ1v) is 10.6. The average Bonchev–Trinajstić information content (AvgIpc) is 2.94. The highest BCUT2D eigenvalue weighted by Gasteiger charge is 2.25. The van der Waals surface area contributed by atoms with Gasteiger partial charge in [-0.05, 0) is 68.5 Å². The quantitative estimate of drug-likeness (QED) is 0.817. The lowest BCUT2D eigenvalue weighted by Crippen LogP contribution is -2.37. The minimum Gasteiger partial charge on any atom is -0.337 e. The third kappa shape index (κ3) is 4.32. The van der Waals surface area contributed by atoms with Gasteiger partial charge in [0.1, 0.15) is 5.69 Å². The van der Waals surface area contributed by atoms with Crippen molar-refractivity contribution < 1.29 is 4.79 Å². The van der Waals surface area contributed by atoms with Crippen LogP contribution in [0.4, 0.5) is 0 Å². The second-order valence-corrected chi connectivity index (χ2v) is 8.45. The molecule has 1 atom stereocenters. The molecule has 0 radical (unpaired) electrons. The van der Waals surface area contributed by atoms with Crippen molar-refractivity contribution in [1.29, 1.82) is 0 Å². The van der Waals surface area contributed by atoms with Gasteiger partial charge in [-0.2, -0.15) is 0 Å². The topological polar surface area (TPSA) is 36.4 Å². The Morgan fingerprint density at radius 1 is 1.04 bits per heavy atom. The summed E-state index contributed by atoms with van der Waals surface area (Å²) in [4.78, 5) is 22.3. The summed E-state index contributed by atoms with van der Waals surface area (Å²) in [5.41, 5.74) is 0.608. The van der Waals surface area contributed by atoms with Crippen molar-refractivity contribution in [2.24, 2.45) is 11.8 Å². The van der Waals surface area contributed by atoms with E-state index in [1.165, 1.54) is 38.9 Å². The van der Waals surface area contributed by atoms with Crippen LogP contribution in [0.15, 0.2) is 36.5 Å². The molecule has 0 aliphatic carbocycles. The van der Waals surface area contributed by atoms with Crippen LogP contribution in [0.2, 0.25) is 0 Å². The zero-order valence-electron chi connectivity index (χ0n) is 16.4. The molecule has 0 N–H and O–H groups in total. The minimum atomic E-state index is 0.0965. The van der Waals surface area contributed by atoms with Gasteiger partial charge < -0.3 is 9.80 Å². The van der Waals surface area contributed by atoms with Crippen LogP contribution in [0, 0.1) is 11.8 Å². The van der Waals surface area contributed by atoms with E-state index < -0.39 is 0 Å². The highest BCUT2D eigenvalue weighted by molar-refractivity contribution is 6.05. The Morgan fingerprint density at radius 2 is 1.85 bits per heavy atom. The molecule has 4 heteroatoms. The van der Waals surface area contributed by atoms with Crippen molar-refractivity contribution in [3.63, 3.8) is 0 Å². The van der Waals surface area contributed by atoms with Gasteiger partial charge in [-0.3, -0.25) is 9.78 Å². The van der Waals surface area contributed by atoms with Crippen molar-refractivity contribution in [2.45, 2.75) is 39.0 Å². The molecule has 0 bridgehead atoms. The smallest absolute Gasteiger partial charge is 0.273 e. The van der Waals surface area contributed by atoms with Gasteiger partial charge in [0.15, 0.2) is 0 Å². The monoisotopic (exact) mass is 365 g/mol. The Hall–Kier alpha value is -1.94. The van der Waals surface area contributed by atoms with E-state index >= 15 is 0 Å². The average molecular weight is 366 g/mol. The number of hydrogen-bond donors (Lipinski definition) is 0. The van der Waals surface area contributed by atoms with E-state index in [1.54, 1.807) is 6.20 Å². The van der Waals surface area contributed by atoms with Crippen LogP contribution in [0.1, 0.15) is 49.5 Å². The summed E-state index contributed by atoms with van der Waals surface area (Å²) in [6, 6.07) is 10.0. The third-order valence-electron chi connectivity index (χ3n) is 6.40. The molecule has 1 aromatic heterocycles. The number of rotatable bonds is 3. The molecule has 2 fully saturated rings. The van der Waals surface area contributed by atoms with Crippen molar-refractivity contribution in [2.75, 3.05) is 32.7 Å². The molecule has 2 saturated heterocycles. The van der Waals surface area contributed by atoms with Crippen molar-refractivity contribution in [1.82, 2.24) is 14.8 Å². The third-order valence-corrected chi connectivity index (χ3v) is 6.40. The maximum absolute atomic E-state index is 13.2. The first-order valence-electron chi connectivity index (χ1n) is 10.6. The second-order valence-electron chi connectivity index (χ2n) is 8.45. The molecule has 1 unspecified atom stereocenters. The van der Waals surface area contributed by atoms with Gasteiger partial charge in [-0.25, -0.2) is 0 Å². The van der Waals surface area contributed by atoms with Crippen LogP contribution in [-0.2, 0) is 0 Å². The molecule has 3 heterocycles. The van der Waals surface area contributed by atoms with Crippen molar-refractivity contribution in [3.8, 4) is 0 Å². The number of aromatic nitrogens is 1. The molecular weight excluding hydrogens is 334 g/mol. The van der Waals surface area contributed by atoms with Crippen LogP contribution in [0.3, 0.4) is 0 Å². The highest BCUT2D eigenvalue weighted by Crippen LogP contribution is 2.24. The van der Waals surface area contributed by atoms with E-state index in [0.29, 0.717) is 5.69 Å². The Morgan fingerprint density at radius 3 is 2.70 bits per heavy atom. The van der Waals surface area contributed by atoms with Gasteiger partial charge in [0.05, 0.1) is 0 Å². The predicted molar refractivity (Wildman–Crippen MR) is 110 cm³/mol. The standard InChI is InChI=1S/C23H31N3O/c1-18-9-14-25(15-10-18)17-19-5-4-13-26(16-11-19)23(27)22-21-7-3-2-6-20(21)8-12-24-22/h2-3,6-8,12,18-19H,4-5,9-11,13-17H2,1H3. The van der Waals surface area contributed by atoms with Crippen LogP contribution in [-0.4, -0.2) is 53.4 Å². The Balaban J connectivity index is 1.39. The zero-order valence-corrected chi connectivity index (χ0v) is 16.4. The molecule has 4 nitrogen and oxygen atoms in total. The lowest BCUT2D eigenvalue weighted by Gasteiger charge is -2.32. The summed E-state index contributed by atoms with van der Waals surface area (Å²) in [7, 11) is 0. The maximum Gasteiger partial charge on any atom is 0.273 e. The van der Waals surface area contributed by atoms with Gasteiger partial charge in [0.2, 0.25) is 0 Å². The number of fused-ring (bicyclic) bond motifs is 1. The van der Waals surface area contributed by atoms with Crippen LogP contribution in [0.25, 0.3) is 10.8 Å². The highest BCUT2D eigenvalue weighted by atomic mass is 16.2. The summed E-state index contributed by atoms with van der Waals surface area (Å²) in [5, 5.41) is 2.05. The van der Waals surface area contributed by atoms with E-state index in [0.717, 1.165) is 48.5 Å². The molecule has 0 saturated carbocycles. The number of amides is 1. The molecule has 2 aromatic rings. The van der Waals surface area contributed by atoms with Gasteiger partial charge in [-0.1, -0.05) is 31.2 Å². The second kappa shape index (κ2) is 8.39. The fourth-order valence-electron chi connectivity index (χ4n) is 4.60. The number of carbonyl (C=O) groups excluding carboxylic acids is 1. The molecule has 1 aromatic carbocycles. The lowest BCUT2D eigenvalue weighted by atomic mass is 9.95. The van der Waals surface area contributed by atoms with Crippen LogP contribution in [0.5, 0.6) is 0 Å². The Labute approximate surface area is 162 Å². The van der Waals surface area contributed by atoms with Gasteiger partial charge in [0.25, 0.3) is 5.91 Å². The SMILES string of the molecule is CC1CCN(CC2CCCN(C(=O)c3nccc4ccccc34)CC2)CC1. The first kappa shape index (κ1) is 18.4. The van der Waals surface area contributed by atoms with E-state index in [2.05, 4.69) is 16.8 Å². The van der Waals surface area contributed by atoms with Gasteiger partial charge in [-0.15, -0.1) is 0 Å². The molecule has 0 spiro atoms. The number of carbonyl (C=O) groups is 1. The summed E-state index contributed by atoms with van der Waals surface area (Å²) < 4.78 is 0. The number of pyridine rings is 1. The molecule has 4 rings (SSSR count). The number of benzene rings is 1. The number of nitrogens with zero attached hydrogens (tertiary/aromatic N) is 3. The molecule has 2 aliphatic heterocycles. The maximum atomic E-state index is 13.2. The number of piperidine rings is 1. The summed E-state index contributed by atoms with van der Waals surface area (Å²) >= 11 is 0. The van der Waals surface area contributed by atoms with Gasteiger partial charge in [0, 0.05) is 31.2 Å². The fraction of sp³-hybridized carbons (Fsp3) is 0.565. The normalized spacial score (nSPS) is 22.7. The molecular formula is C23H31N3O. The summed E-state index contributed by atoms with van der Waals surface area (Å²) in [5.74, 6) is 1.70. The molecule has 1 amide bonds. The van der Waals surface area contributed by atoms with E-state index in [4.69, 9.17) is 0 Å². The van der Waals surface area contributed by atoms with E-state index in [9.17, 15) is 4.79 Å². The largest absolute Gasteiger partial charge is 0.337 e. The van der Waals surface area contributed by atoms with E-state index in [1.807, 2.05) is 35.2 Å². The van der Waals surface area contributed by atoms with E-state index in [-0.39, 0.29) is 5.91 Å². The lowest BCUT2D eigenvalue weighted by molar-refractivity contribution is 0.0754. The molecule has 27 heavy (non-hydrogen) atoms. The van der Waals surface area contributed by atoms with Crippen molar-refractivity contribution in [3.05, 3.63) is 42.2 Å².